The second-order valence-corrected chi connectivity index (χ2v) is 5.40. The molecule has 0 aliphatic heterocycles. The maximum atomic E-state index is 13.8. The fourth-order valence-electron chi connectivity index (χ4n) is 2.41. The van der Waals surface area contributed by atoms with Crippen LogP contribution < -0.4 is 5.32 Å². The summed E-state index contributed by atoms with van der Waals surface area (Å²) < 4.78 is 53.1. The third-order valence-electron chi connectivity index (χ3n) is 3.47. The van der Waals surface area contributed by atoms with Gasteiger partial charge in [0.1, 0.15) is 0 Å². The van der Waals surface area contributed by atoms with Crippen LogP contribution in [0.5, 0.6) is 0 Å². The number of carbonyl (C=O) groups is 1. The minimum Gasteiger partial charge on any atom is -0.342 e. The van der Waals surface area contributed by atoms with E-state index in [-0.39, 0.29) is 12.3 Å². The number of rotatable bonds is 3. The Kier molecular flexibility index (Phi) is 4.28. The van der Waals surface area contributed by atoms with Crippen molar-refractivity contribution in [3.8, 4) is 0 Å². The molecule has 1 amide bonds. The number of amides is 1. The molecule has 0 heterocycles. The Labute approximate surface area is 104 Å². The van der Waals surface area contributed by atoms with Crippen molar-refractivity contribution in [2.75, 3.05) is 0 Å². The van der Waals surface area contributed by atoms with Crippen molar-refractivity contribution in [1.29, 1.82) is 0 Å². The van der Waals surface area contributed by atoms with Crippen LogP contribution in [0.1, 0.15) is 40.0 Å². The quantitative estimate of drug-likeness (QED) is 0.783. The third kappa shape index (κ3) is 3.36. The van der Waals surface area contributed by atoms with Crippen molar-refractivity contribution in [1.82, 2.24) is 5.32 Å². The molecule has 0 bridgehead atoms. The molecule has 0 unspecified atom stereocenters. The summed E-state index contributed by atoms with van der Waals surface area (Å²) in [5, 5.41) is 1.84. The van der Waals surface area contributed by atoms with Gasteiger partial charge in [-0.25, -0.2) is 8.78 Å². The molecule has 1 rings (SSSR count). The van der Waals surface area contributed by atoms with E-state index < -0.39 is 29.7 Å². The summed E-state index contributed by atoms with van der Waals surface area (Å²) in [4.78, 5) is 11.2. The van der Waals surface area contributed by atoms with Gasteiger partial charge in [-0.3, -0.25) is 4.79 Å². The van der Waals surface area contributed by atoms with E-state index in [2.05, 4.69) is 0 Å². The van der Waals surface area contributed by atoms with Crippen molar-refractivity contribution in [2.24, 2.45) is 11.8 Å². The first-order valence-electron chi connectivity index (χ1n) is 6.12. The zero-order chi connectivity index (χ0) is 14.1. The van der Waals surface area contributed by atoms with Crippen LogP contribution in [-0.2, 0) is 4.79 Å². The van der Waals surface area contributed by atoms with E-state index in [0.29, 0.717) is 19.8 Å². The van der Waals surface area contributed by atoms with Gasteiger partial charge in [0, 0.05) is 13.3 Å². The van der Waals surface area contributed by atoms with Gasteiger partial charge in [0.15, 0.2) is 0 Å². The highest BCUT2D eigenvalue weighted by atomic mass is 19.3. The van der Waals surface area contributed by atoms with E-state index in [9.17, 15) is 22.4 Å². The number of carbonyl (C=O) groups excluding carboxylic acids is 1. The molecular formula is C12H19F4NO. The lowest BCUT2D eigenvalue weighted by Crippen LogP contribution is -2.58. The largest absolute Gasteiger partial charge is 0.342 e. The second kappa shape index (κ2) is 5.05. The number of halogens is 4. The Morgan fingerprint density at radius 2 is 1.94 bits per heavy atom. The summed E-state index contributed by atoms with van der Waals surface area (Å²) >= 11 is 0. The van der Waals surface area contributed by atoms with Crippen molar-refractivity contribution >= 4 is 5.91 Å². The number of alkyl halides is 4. The van der Waals surface area contributed by atoms with E-state index in [4.69, 9.17) is 0 Å². The molecule has 1 saturated carbocycles. The van der Waals surface area contributed by atoms with Crippen LogP contribution >= 0.6 is 0 Å². The van der Waals surface area contributed by atoms with Crippen molar-refractivity contribution in [2.45, 2.75) is 57.9 Å². The van der Waals surface area contributed by atoms with Crippen LogP contribution in [0.4, 0.5) is 17.6 Å². The molecule has 0 radical (unpaired) electrons. The van der Waals surface area contributed by atoms with E-state index in [1.54, 1.807) is 13.8 Å². The second-order valence-electron chi connectivity index (χ2n) is 5.40. The maximum Gasteiger partial charge on any atom is 0.321 e. The van der Waals surface area contributed by atoms with Gasteiger partial charge < -0.3 is 5.32 Å². The molecule has 0 aromatic rings. The lowest BCUT2D eigenvalue weighted by atomic mass is 9.75. The highest BCUT2D eigenvalue weighted by Gasteiger charge is 2.50. The smallest absolute Gasteiger partial charge is 0.321 e. The van der Waals surface area contributed by atoms with Gasteiger partial charge in [0.05, 0.1) is 6.04 Å². The highest BCUT2D eigenvalue weighted by molar-refractivity contribution is 5.83. The lowest BCUT2D eigenvalue weighted by molar-refractivity contribution is -0.152. The first kappa shape index (κ1) is 15.2. The predicted molar refractivity (Wildman–Crippen MR) is 59.7 cm³/mol. The Bertz CT molecular complexity index is 312. The topological polar surface area (TPSA) is 29.1 Å². The van der Waals surface area contributed by atoms with Crippen molar-refractivity contribution in [3.63, 3.8) is 0 Å². The molecule has 1 aliphatic rings. The Hall–Kier alpha value is -0.810. The van der Waals surface area contributed by atoms with Gasteiger partial charge in [-0.2, -0.15) is 8.78 Å². The summed E-state index contributed by atoms with van der Waals surface area (Å²) in [7, 11) is 0. The average molecular weight is 269 g/mol. The van der Waals surface area contributed by atoms with Crippen LogP contribution in [0.3, 0.4) is 0 Å². The summed E-state index contributed by atoms with van der Waals surface area (Å²) in [6.07, 6.45) is 0.509. The van der Waals surface area contributed by atoms with Gasteiger partial charge in [0.25, 0.3) is 11.8 Å². The van der Waals surface area contributed by atoms with Gasteiger partial charge >= 0.3 is 5.92 Å². The molecule has 1 N–H and O–H groups in total. The summed E-state index contributed by atoms with van der Waals surface area (Å²) in [6, 6.07) is -1.50. The molecule has 18 heavy (non-hydrogen) atoms. The van der Waals surface area contributed by atoms with Crippen molar-refractivity contribution < 1.29 is 22.4 Å². The summed E-state index contributed by atoms with van der Waals surface area (Å²) in [5.41, 5.74) is 0. The van der Waals surface area contributed by atoms with E-state index in [1.807, 2.05) is 5.32 Å². The van der Waals surface area contributed by atoms with Crippen LogP contribution in [-0.4, -0.2) is 23.8 Å². The predicted octanol–water partition coefficient (Wildman–Crippen LogP) is 3.22. The Morgan fingerprint density at radius 1 is 1.39 bits per heavy atom. The fraction of sp³-hybridized carbons (Fsp3) is 0.917. The third-order valence-corrected chi connectivity index (χ3v) is 3.47. The van der Waals surface area contributed by atoms with Crippen LogP contribution in [0.25, 0.3) is 0 Å². The van der Waals surface area contributed by atoms with Gasteiger partial charge in [-0.05, 0) is 24.7 Å². The zero-order valence-corrected chi connectivity index (χ0v) is 10.8. The van der Waals surface area contributed by atoms with Crippen molar-refractivity contribution in [3.05, 3.63) is 0 Å². The maximum absolute atomic E-state index is 13.8. The van der Waals surface area contributed by atoms with Gasteiger partial charge in [-0.1, -0.05) is 13.8 Å². The molecule has 2 nitrogen and oxygen atoms in total. The monoisotopic (exact) mass is 269 g/mol. The van der Waals surface area contributed by atoms with Crippen LogP contribution in [0.15, 0.2) is 0 Å². The summed E-state index contributed by atoms with van der Waals surface area (Å²) in [6.45, 7) is 3.93. The highest BCUT2D eigenvalue weighted by Crippen LogP contribution is 2.40. The minimum absolute atomic E-state index is 0.0908. The van der Waals surface area contributed by atoms with Gasteiger partial charge in [0.2, 0.25) is 0 Å². The van der Waals surface area contributed by atoms with Crippen LogP contribution in [0, 0.1) is 11.8 Å². The molecule has 0 spiro atoms. The number of nitrogens with one attached hydrogen (secondary N) is 1. The zero-order valence-electron chi connectivity index (χ0n) is 10.8. The molecule has 0 aromatic carbocycles. The molecule has 1 fully saturated rings. The molecule has 0 aromatic heterocycles. The Morgan fingerprint density at radius 3 is 2.39 bits per heavy atom. The van der Waals surface area contributed by atoms with E-state index in [1.165, 1.54) is 0 Å². The first-order valence-corrected chi connectivity index (χ1v) is 6.12. The van der Waals surface area contributed by atoms with E-state index >= 15 is 0 Å². The molecule has 0 saturated heterocycles. The first-order chi connectivity index (χ1) is 8.05. The number of hydrogen-bond acceptors (Lipinski definition) is 1. The lowest BCUT2D eigenvalue weighted by Gasteiger charge is -2.40. The van der Waals surface area contributed by atoms with Gasteiger partial charge in [-0.15, -0.1) is 0 Å². The fourth-order valence-corrected chi connectivity index (χ4v) is 2.41. The average Bonchev–Trinajstić information content (AvgIpc) is 2.18. The molecule has 106 valence electrons. The Balaban J connectivity index is 2.88. The van der Waals surface area contributed by atoms with Crippen LogP contribution in [0.2, 0.25) is 0 Å². The molecule has 2 atom stereocenters. The molecule has 1 aliphatic carbocycles. The molecule has 6 heteroatoms. The molecular weight excluding hydrogens is 250 g/mol. The summed E-state index contributed by atoms with van der Waals surface area (Å²) in [5.74, 6) is -8.94. The van der Waals surface area contributed by atoms with E-state index in [0.717, 1.165) is 0 Å². The normalized spacial score (nSPS) is 28.2. The SMILES string of the molecule is CC(C)[C@@H]1CCCC(F)(F)[C@H]1NC(=O)C(C)(F)F. The number of hydrogen-bond donors (Lipinski definition) is 1. The minimum atomic E-state index is -3.63. The standard InChI is InChI=1S/C12H19F4NO/c1-7(2)8-5-4-6-12(15,16)9(8)17-10(18)11(3,13)14/h7-9H,4-6H2,1-3H3,(H,17,18)/t8-,9-/m0/s1.